The van der Waals surface area contributed by atoms with E-state index < -0.39 is 0 Å². The van der Waals surface area contributed by atoms with Gasteiger partial charge in [-0.2, -0.15) is 0 Å². The third-order valence-corrected chi connectivity index (χ3v) is 6.64. The second-order valence-electron chi connectivity index (χ2n) is 7.68. The number of rotatable bonds is 6. The SMILES string of the molecule is CCOC(=O)C1CCCN(C(=O)CN(C)C(=O)Cn2c(C)c(Br)c3ccccc32)C1. The number of para-hydroxylation sites is 1. The number of likely N-dealkylation sites (tertiary alicyclic amines) is 1. The maximum absolute atomic E-state index is 12.8. The van der Waals surface area contributed by atoms with E-state index in [9.17, 15) is 14.4 Å². The highest BCUT2D eigenvalue weighted by Crippen LogP contribution is 2.30. The summed E-state index contributed by atoms with van der Waals surface area (Å²) in [5.41, 5.74) is 1.95. The van der Waals surface area contributed by atoms with E-state index in [1.807, 2.05) is 35.8 Å². The summed E-state index contributed by atoms with van der Waals surface area (Å²) >= 11 is 3.60. The number of carbonyl (C=O) groups excluding carboxylic acids is 3. The minimum atomic E-state index is -0.283. The zero-order valence-electron chi connectivity index (χ0n) is 17.7. The van der Waals surface area contributed by atoms with Crippen molar-refractivity contribution < 1.29 is 19.1 Å². The highest BCUT2D eigenvalue weighted by atomic mass is 79.9. The van der Waals surface area contributed by atoms with Gasteiger partial charge in [0.25, 0.3) is 0 Å². The van der Waals surface area contributed by atoms with Crippen LogP contribution in [0.25, 0.3) is 10.9 Å². The van der Waals surface area contributed by atoms with Gasteiger partial charge in [0.1, 0.15) is 6.54 Å². The van der Waals surface area contributed by atoms with Gasteiger partial charge in [-0.3, -0.25) is 14.4 Å². The maximum atomic E-state index is 12.8. The molecule has 0 aliphatic carbocycles. The highest BCUT2D eigenvalue weighted by Gasteiger charge is 2.30. The van der Waals surface area contributed by atoms with Crippen LogP contribution >= 0.6 is 15.9 Å². The molecule has 1 saturated heterocycles. The number of esters is 1. The van der Waals surface area contributed by atoms with Gasteiger partial charge < -0.3 is 19.1 Å². The van der Waals surface area contributed by atoms with E-state index in [-0.39, 0.29) is 36.8 Å². The normalized spacial score (nSPS) is 16.5. The summed E-state index contributed by atoms with van der Waals surface area (Å²) in [6, 6.07) is 7.90. The van der Waals surface area contributed by atoms with Crippen LogP contribution in [0.15, 0.2) is 28.7 Å². The lowest BCUT2D eigenvalue weighted by Crippen LogP contribution is -2.47. The van der Waals surface area contributed by atoms with E-state index in [1.165, 1.54) is 4.90 Å². The molecule has 162 valence electrons. The zero-order valence-corrected chi connectivity index (χ0v) is 19.3. The predicted octanol–water partition coefficient (Wildman–Crippen LogP) is 2.97. The van der Waals surface area contributed by atoms with Gasteiger partial charge in [0.15, 0.2) is 0 Å². The summed E-state index contributed by atoms with van der Waals surface area (Å²) in [6.45, 7) is 5.19. The molecule has 2 amide bonds. The Morgan fingerprint density at radius 2 is 2.00 bits per heavy atom. The Kier molecular flexibility index (Phi) is 7.18. The second-order valence-corrected chi connectivity index (χ2v) is 8.48. The number of piperidine rings is 1. The average Bonchev–Trinajstić information content (AvgIpc) is 2.99. The lowest BCUT2D eigenvalue weighted by Gasteiger charge is -2.32. The van der Waals surface area contributed by atoms with Crippen LogP contribution in [-0.4, -0.2) is 65.4 Å². The third kappa shape index (κ3) is 4.69. The number of nitrogens with zero attached hydrogens (tertiary/aromatic N) is 3. The van der Waals surface area contributed by atoms with Crippen molar-refractivity contribution in [2.24, 2.45) is 5.92 Å². The fourth-order valence-corrected chi connectivity index (χ4v) is 4.44. The molecular weight excluding hydrogens is 450 g/mol. The number of amides is 2. The maximum Gasteiger partial charge on any atom is 0.310 e. The number of benzene rings is 1. The van der Waals surface area contributed by atoms with Crippen molar-refractivity contribution in [2.75, 3.05) is 33.3 Å². The van der Waals surface area contributed by atoms with Gasteiger partial charge in [-0.05, 0) is 48.7 Å². The van der Waals surface area contributed by atoms with Crippen molar-refractivity contribution in [3.8, 4) is 0 Å². The molecule has 2 aromatic rings. The van der Waals surface area contributed by atoms with Crippen molar-refractivity contribution in [2.45, 2.75) is 33.2 Å². The summed E-state index contributed by atoms with van der Waals surface area (Å²) in [7, 11) is 1.64. The van der Waals surface area contributed by atoms with Crippen molar-refractivity contribution >= 4 is 44.6 Å². The minimum absolute atomic E-state index is 0.00615. The van der Waals surface area contributed by atoms with Gasteiger partial charge in [-0.15, -0.1) is 0 Å². The lowest BCUT2D eigenvalue weighted by atomic mass is 9.98. The van der Waals surface area contributed by atoms with Crippen LogP contribution in [0, 0.1) is 12.8 Å². The second kappa shape index (κ2) is 9.64. The number of carbonyl (C=O) groups is 3. The molecule has 30 heavy (non-hydrogen) atoms. The lowest BCUT2D eigenvalue weighted by molar-refractivity contribution is -0.152. The summed E-state index contributed by atoms with van der Waals surface area (Å²) in [5.74, 6) is -0.816. The van der Waals surface area contributed by atoms with Crippen molar-refractivity contribution in [1.82, 2.24) is 14.4 Å². The summed E-state index contributed by atoms with van der Waals surface area (Å²) in [5, 5.41) is 1.06. The first-order chi connectivity index (χ1) is 14.3. The summed E-state index contributed by atoms with van der Waals surface area (Å²) in [4.78, 5) is 40.7. The molecule has 1 aliphatic heterocycles. The molecule has 3 rings (SSSR count). The molecule has 1 aromatic heterocycles. The van der Waals surface area contributed by atoms with Crippen LogP contribution in [0.4, 0.5) is 0 Å². The molecule has 1 aliphatic rings. The van der Waals surface area contributed by atoms with Crippen molar-refractivity contribution in [3.05, 3.63) is 34.4 Å². The molecule has 0 radical (unpaired) electrons. The number of halogens is 1. The van der Waals surface area contributed by atoms with E-state index in [0.717, 1.165) is 33.9 Å². The molecule has 0 spiro atoms. The standard InChI is InChI=1S/C22H28BrN3O4/c1-4-30-22(29)16-8-7-11-25(12-16)20(28)13-24(3)19(27)14-26-15(2)21(23)17-9-5-6-10-18(17)26/h5-6,9-10,16H,4,7-8,11-14H2,1-3H3. The van der Waals surface area contributed by atoms with Crippen LogP contribution in [0.2, 0.25) is 0 Å². The Morgan fingerprint density at radius 1 is 1.27 bits per heavy atom. The summed E-state index contributed by atoms with van der Waals surface area (Å²) < 4.78 is 8.03. The highest BCUT2D eigenvalue weighted by molar-refractivity contribution is 9.10. The van der Waals surface area contributed by atoms with E-state index in [1.54, 1.807) is 18.9 Å². The molecule has 1 fully saturated rings. The topological polar surface area (TPSA) is 71.8 Å². The molecule has 0 N–H and O–H groups in total. The van der Waals surface area contributed by atoms with Crippen LogP contribution in [0.5, 0.6) is 0 Å². The minimum Gasteiger partial charge on any atom is -0.466 e. The molecule has 7 nitrogen and oxygen atoms in total. The van der Waals surface area contributed by atoms with Crippen LogP contribution in [0.1, 0.15) is 25.5 Å². The number of hydrogen-bond donors (Lipinski definition) is 0. The van der Waals surface area contributed by atoms with Crippen LogP contribution < -0.4 is 0 Å². The van der Waals surface area contributed by atoms with Gasteiger partial charge >= 0.3 is 5.97 Å². The first-order valence-corrected chi connectivity index (χ1v) is 11.0. The predicted molar refractivity (Wildman–Crippen MR) is 118 cm³/mol. The monoisotopic (exact) mass is 477 g/mol. The van der Waals surface area contributed by atoms with Crippen molar-refractivity contribution in [3.63, 3.8) is 0 Å². The van der Waals surface area contributed by atoms with Crippen LogP contribution in [0.3, 0.4) is 0 Å². The molecule has 2 heterocycles. The smallest absolute Gasteiger partial charge is 0.310 e. The van der Waals surface area contributed by atoms with Gasteiger partial charge in [0.2, 0.25) is 11.8 Å². The summed E-state index contributed by atoms with van der Waals surface area (Å²) in [6.07, 6.45) is 1.49. The van der Waals surface area contributed by atoms with E-state index in [4.69, 9.17) is 4.74 Å². The van der Waals surface area contributed by atoms with Gasteiger partial charge in [-0.25, -0.2) is 0 Å². The van der Waals surface area contributed by atoms with Crippen molar-refractivity contribution in [1.29, 1.82) is 0 Å². The number of likely N-dealkylation sites (N-methyl/N-ethyl adjacent to an activating group) is 1. The Balaban J connectivity index is 1.63. The number of fused-ring (bicyclic) bond motifs is 1. The molecule has 1 aromatic carbocycles. The zero-order chi connectivity index (χ0) is 21.8. The van der Waals surface area contributed by atoms with Crippen LogP contribution in [-0.2, 0) is 25.7 Å². The largest absolute Gasteiger partial charge is 0.466 e. The molecule has 8 heteroatoms. The molecule has 0 bridgehead atoms. The molecule has 0 saturated carbocycles. The Hall–Kier alpha value is -2.35. The average molecular weight is 478 g/mol. The van der Waals surface area contributed by atoms with E-state index >= 15 is 0 Å². The third-order valence-electron chi connectivity index (χ3n) is 5.64. The fourth-order valence-electron chi connectivity index (χ4n) is 3.90. The fraction of sp³-hybridized carbons (Fsp3) is 0.500. The first-order valence-electron chi connectivity index (χ1n) is 10.2. The molecule has 1 unspecified atom stereocenters. The van der Waals surface area contributed by atoms with E-state index in [2.05, 4.69) is 15.9 Å². The Labute approximate surface area is 185 Å². The van der Waals surface area contributed by atoms with Gasteiger partial charge in [0, 0.05) is 41.2 Å². The van der Waals surface area contributed by atoms with Gasteiger partial charge in [0.05, 0.1) is 19.1 Å². The molecule has 1 atom stereocenters. The number of ether oxygens (including phenoxy) is 1. The molecular formula is C22H28BrN3O4. The Bertz CT molecular complexity index is 955. The number of hydrogen-bond acceptors (Lipinski definition) is 4. The van der Waals surface area contributed by atoms with Gasteiger partial charge in [-0.1, -0.05) is 18.2 Å². The Morgan fingerprint density at radius 3 is 2.73 bits per heavy atom. The quantitative estimate of drug-likeness (QED) is 0.599. The van der Waals surface area contributed by atoms with E-state index in [0.29, 0.717) is 19.7 Å². The number of aromatic nitrogens is 1. The first kappa shape index (κ1) is 22.3.